The van der Waals surface area contributed by atoms with E-state index in [1.807, 2.05) is 24.3 Å². The van der Waals surface area contributed by atoms with Crippen molar-refractivity contribution in [3.63, 3.8) is 0 Å². The highest BCUT2D eigenvalue weighted by atomic mass is 19.1. The maximum atomic E-state index is 15.5. The maximum absolute atomic E-state index is 15.5. The molecular formula is C28H35FN4O3. The average Bonchev–Trinajstić information content (AvgIpc) is 2.91. The van der Waals surface area contributed by atoms with Gasteiger partial charge in [0.25, 0.3) is 0 Å². The number of carboxylic acids is 1. The summed E-state index contributed by atoms with van der Waals surface area (Å²) >= 11 is 0. The van der Waals surface area contributed by atoms with Gasteiger partial charge in [-0.3, -0.25) is 9.78 Å². The highest BCUT2D eigenvalue weighted by Gasteiger charge is 2.30. The summed E-state index contributed by atoms with van der Waals surface area (Å²) in [4.78, 5) is 26.6. The lowest BCUT2D eigenvalue weighted by Gasteiger charge is -2.39. The third-order valence-corrected chi connectivity index (χ3v) is 7.31. The molecule has 4 rings (SSSR count). The van der Waals surface area contributed by atoms with Gasteiger partial charge in [-0.2, -0.15) is 0 Å². The summed E-state index contributed by atoms with van der Waals surface area (Å²) in [7, 11) is 1.60. The van der Waals surface area contributed by atoms with Crippen LogP contribution in [0.5, 0.6) is 5.75 Å². The van der Waals surface area contributed by atoms with Crippen LogP contribution in [0.2, 0.25) is 0 Å². The number of carbonyl (C=O) groups is 1. The van der Waals surface area contributed by atoms with Crippen LogP contribution in [0.4, 0.5) is 4.39 Å². The molecule has 3 atom stereocenters. The van der Waals surface area contributed by atoms with Gasteiger partial charge in [0.2, 0.25) is 0 Å². The van der Waals surface area contributed by atoms with Crippen molar-refractivity contribution in [2.45, 2.75) is 51.1 Å². The molecular weight excluding hydrogens is 459 g/mol. The topological polar surface area (TPSA) is 88.4 Å². The molecule has 0 spiro atoms. The number of pyridine rings is 1. The van der Waals surface area contributed by atoms with Crippen LogP contribution in [0.1, 0.15) is 56.1 Å². The molecule has 7 nitrogen and oxygen atoms in total. The zero-order chi connectivity index (χ0) is 25.3. The third kappa shape index (κ3) is 6.97. The molecule has 0 amide bonds. The Balaban J connectivity index is 1.35. The third-order valence-electron chi connectivity index (χ3n) is 7.31. The number of hydrogen-bond acceptors (Lipinski definition) is 6. The van der Waals surface area contributed by atoms with Gasteiger partial charge in [-0.1, -0.05) is 0 Å². The molecule has 1 aliphatic rings. The van der Waals surface area contributed by atoms with E-state index in [0.29, 0.717) is 30.1 Å². The number of fused-ring (bicyclic) bond motifs is 1. The molecule has 192 valence electrons. The Bertz CT molecular complexity index is 1130. The van der Waals surface area contributed by atoms with Crippen molar-refractivity contribution < 1.29 is 19.0 Å². The number of benzene rings is 1. The fraction of sp³-hybridized carbons (Fsp3) is 0.500. The molecule has 3 heterocycles. The Hall–Kier alpha value is -3.13. The highest BCUT2D eigenvalue weighted by molar-refractivity contribution is 5.83. The molecule has 0 radical (unpaired) electrons. The van der Waals surface area contributed by atoms with Gasteiger partial charge in [-0.05, 0) is 92.9 Å². The number of aromatic nitrogens is 3. The van der Waals surface area contributed by atoms with E-state index >= 15 is 4.39 Å². The Morgan fingerprint density at radius 1 is 1.17 bits per heavy atom. The smallest absolute Gasteiger partial charge is 0.303 e. The van der Waals surface area contributed by atoms with Crippen LogP contribution in [-0.4, -0.2) is 57.7 Å². The van der Waals surface area contributed by atoms with E-state index in [-0.39, 0.29) is 12.3 Å². The Morgan fingerprint density at radius 2 is 2.00 bits per heavy atom. The van der Waals surface area contributed by atoms with Crippen LogP contribution in [0.15, 0.2) is 48.9 Å². The van der Waals surface area contributed by atoms with E-state index < -0.39 is 12.1 Å². The maximum Gasteiger partial charge on any atom is 0.303 e. The van der Waals surface area contributed by atoms with Gasteiger partial charge in [0, 0.05) is 43.4 Å². The molecule has 0 saturated carbocycles. The first-order valence-corrected chi connectivity index (χ1v) is 12.8. The van der Waals surface area contributed by atoms with Crippen molar-refractivity contribution >= 4 is 16.9 Å². The van der Waals surface area contributed by atoms with Crippen molar-refractivity contribution in [2.24, 2.45) is 11.8 Å². The minimum Gasteiger partial charge on any atom is -0.497 e. The van der Waals surface area contributed by atoms with Gasteiger partial charge in [0.1, 0.15) is 17.7 Å². The molecule has 1 N–H and O–H groups in total. The second-order valence-electron chi connectivity index (χ2n) is 9.64. The van der Waals surface area contributed by atoms with E-state index in [1.165, 1.54) is 0 Å². The van der Waals surface area contributed by atoms with E-state index in [0.717, 1.165) is 62.0 Å². The van der Waals surface area contributed by atoms with Gasteiger partial charge >= 0.3 is 5.97 Å². The van der Waals surface area contributed by atoms with E-state index in [1.54, 1.807) is 31.8 Å². The van der Waals surface area contributed by atoms with Crippen molar-refractivity contribution in [1.82, 2.24) is 19.9 Å². The lowest BCUT2D eigenvalue weighted by molar-refractivity contribution is -0.137. The number of rotatable bonds is 12. The first-order valence-electron chi connectivity index (χ1n) is 12.8. The minimum absolute atomic E-state index is 0.153. The first-order chi connectivity index (χ1) is 17.5. The largest absolute Gasteiger partial charge is 0.497 e. The normalized spacial score (nSPS) is 19.3. The zero-order valence-corrected chi connectivity index (χ0v) is 20.9. The lowest BCUT2D eigenvalue weighted by Crippen LogP contribution is -2.41. The molecule has 3 aromatic rings. The molecule has 0 aliphatic carbocycles. The van der Waals surface area contributed by atoms with Crippen LogP contribution < -0.4 is 4.74 Å². The van der Waals surface area contributed by atoms with Crippen LogP contribution in [-0.2, 0) is 11.2 Å². The fourth-order valence-corrected chi connectivity index (χ4v) is 5.36. The summed E-state index contributed by atoms with van der Waals surface area (Å²) in [6.45, 7) is 2.75. The van der Waals surface area contributed by atoms with Gasteiger partial charge in [0.05, 0.1) is 12.6 Å². The highest BCUT2D eigenvalue weighted by Crippen LogP contribution is 2.36. The van der Waals surface area contributed by atoms with Crippen molar-refractivity contribution in [2.75, 3.05) is 26.7 Å². The van der Waals surface area contributed by atoms with E-state index in [2.05, 4.69) is 19.9 Å². The summed E-state index contributed by atoms with van der Waals surface area (Å²) in [5.41, 5.74) is 1.39. The fourth-order valence-electron chi connectivity index (χ4n) is 5.36. The van der Waals surface area contributed by atoms with Crippen molar-refractivity contribution in [1.29, 1.82) is 0 Å². The summed E-state index contributed by atoms with van der Waals surface area (Å²) < 4.78 is 20.8. The summed E-state index contributed by atoms with van der Waals surface area (Å²) in [6.07, 6.45) is 8.77. The summed E-state index contributed by atoms with van der Waals surface area (Å²) in [5.74, 6) is 1.34. The predicted octanol–water partition coefficient (Wildman–Crippen LogP) is 5.26. The Labute approximate surface area is 211 Å². The molecule has 36 heavy (non-hydrogen) atoms. The van der Waals surface area contributed by atoms with Gasteiger partial charge < -0.3 is 14.7 Å². The number of aryl methyl sites for hydroxylation is 1. The van der Waals surface area contributed by atoms with Crippen LogP contribution >= 0.6 is 0 Å². The van der Waals surface area contributed by atoms with E-state index in [9.17, 15) is 9.90 Å². The van der Waals surface area contributed by atoms with Gasteiger partial charge in [-0.15, -0.1) is 0 Å². The number of nitrogens with zero attached hydrogens (tertiary/aromatic N) is 4. The number of ether oxygens (including phenoxy) is 1. The first kappa shape index (κ1) is 25.9. The Kier molecular flexibility index (Phi) is 9.17. The molecule has 1 saturated heterocycles. The monoisotopic (exact) mass is 494 g/mol. The molecule has 0 bridgehead atoms. The molecule has 1 aliphatic heterocycles. The molecule has 2 aromatic heterocycles. The standard InChI is InChI=1S/C28H35FN4O3/c1-36-22-7-9-26-24(18-22)23(11-15-30-26)25(29)8-5-20-12-17-33(19-21(20)6-10-28(34)35)16-2-4-27-31-13-3-14-32-27/h3,7,9,11,13-15,18,20-21,25H,2,4-6,8,10,12,16-17,19H2,1H3,(H,34,35)/t20-,21-,25-/m1/s1. The number of halogens is 1. The van der Waals surface area contributed by atoms with Crippen molar-refractivity contribution in [3.8, 4) is 5.75 Å². The SMILES string of the molecule is COc1ccc2nccc([C@H](F)CC[C@@H]3CCN(CCCc4ncccn4)C[C@H]3CCC(=O)O)c2c1. The number of aliphatic carboxylic acids is 1. The average molecular weight is 495 g/mol. The zero-order valence-electron chi connectivity index (χ0n) is 20.9. The second-order valence-corrected chi connectivity index (χ2v) is 9.64. The molecule has 8 heteroatoms. The quantitative estimate of drug-likeness (QED) is 0.367. The number of carboxylic acid groups (broad SMARTS) is 1. The summed E-state index contributed by atoms with van der Waals surface area (Å²) in [5, 5.41) is 10.1. The van der Waals surface area contributed by atoms with Crippen LogP contribution in [0.3, 0.4) is 0 Å². The minimum atomic E-state index is -1.10. The number of likely N-dealkylation sites (tertiary alicyclic amines) is 1. The number of alkyl halides is 1. The molecule has 0 unspecified atom stereocenters. The summed E-state index contributed by atoms with van der Waals surface area (Å²) in [6, 6.07) is 9.11. The van der Waals surface area contributed by atoms with Crippen LogP contribution in [0.25, 0.3) is 10.9 Å². The number of methoxy groups -OCH3 is 1. The number of hydrogen-bond donors (Lipinski definition) is 1. The van der Waals surface area contributed by atoms with Crippen LogP contribution in [0, 0.1) is 11.8 Å². The van der Waals surface area contributed by atoms with E-state index in [4.69, 9.17) is 4.74 Å². The molecule has 1 aromatic carbocycles. The van der Waals surface area contributed by atoms with Gasteiger partial charge in [0.15, 0.2) is 0 Å². The lowest BCUT2D eigenvalue weighted by atomic mass is 9.79. The predicted molar refractivity (Wildman–Crippen MR) is 137 cm³/mol. The van der Waals surface area contributed by atoms with Crippen molar-refractivity contribution in [3.05, 3.63) is 60.3 Å². The molecule has 1 fully saturated rings. The second kappa shape index (κ2) is 12.7. The number of piperidine rings is 1. The Morgan fingerprint density at radius 3 is 2.78 bits per heavy atom. The van der Waals surface area contributed by atoms with Gasteiger partial charge in [-0.25, -0.2) is 14.4 Å².